The Kier molecular flexibility index (Phi) is 8.64. The number of nitrogens with one attached hydrogen (secondary N) is 1. The molecule has 1 N–H and O–H groups in total. The van der Waals surface area contributed by atoms with Gasteiger partial charge in [-0.25, -0.2) is 0 Å². The molecule has 0 atom stereocenters. The minimum absolute atomic E-state index is 0.0257. The number of benzene rings is 3. The number of hydrogen-bond donors (Lipinski definition) is 1. The maximum Gasteiger partial charge on any atom is 0.265 e. The molecule has 0 saturated heterocycles. The summed E-state index contributed by atoms with van der Waals surface area (Å²) in [6.07, 6.45) is 2.80. The molecule has 0 unspecified atom stereocenters. The van der Waals surface area contributed by atoms with Gasteiger partial charge in [0.05, 0.1) is 10.6 Å². The Bertz CT molecular complexity index is 1200. The number of carbonyl (C=O) groups is 2. The second kappa shape index (κ2) is 12.1. The minimum atomic E-state index is -0.182. The number of halogens is 1. The molecule has 1 aliphatic rings. The van der Waals surface area contributed by atoms with Crippen LogP contribution in [0.3, 0.4) is 0 Å². The first-order chi connectivity index (χ1) is 17.0. The number of anilines is 1. The zero-order chi connectivity index (χ0) is 24.6. The van der Waals surface area contributed by atoms with E-state index in [-0.39, 0.29) is 18.4 Å². The number of carbonyl (C=O) groups excluding carboxylic acids is 2. The topological polar surface area (TPSA) is 52.7 Å². The van der Waals surface area contributed by atoms with E-state index in [1.807, 2.05) is 67.7 Å². The van der Waals surface area contributed by atoms with Gasteiger partial charge in [0, 0.05) is 29.6 Å². The molecule has 1 heterocycles. The third-order valence-corrected chi connectivity index (χ3v) is 7.07. The number of fused-ring (bicyclic) bond motifs is 1. The molecule has 4 rings (SSSR count). The van der Waals surface area contributed by atoms with Crippen LogP contribution in [-0.4, -0.2) is 49.9 Å². The van der Waals surface area contributed by atoms with Crippen molar-refractivity contribution < 1.29 is 9.59 Å². The molecular weight excluding hydrogens is 478 g/mol. The number of thioether (sulfide) groups is 1. The van der Waals surface area contributed by atoms with Crippen LogP contribution >= 0.6 is 23.4 Å². The zero-order valence-corrected chi connectivity index (χ0v) is 21.2. The number of rotatable bonds is 9. The molecular formula is C28H28ClN3O2S. The van der Waals surface area contributed by atoms with Gasteiger partial charge in [0.15, 0.2) is 0 Å². The lowest BCUT2D eigenvalue weighted by Crippen LogP contribution is -2.44. The lowest BCUT2D eigenvalue weighted by molar-refractivity contribution is -0.122. The Morgan fingerprint density at radius 1 is 1.00 bits per heavy atom. The molecule has 0 radical (unpaired) electrons. The second-order valence-corrected chi connectivity index (χ2v) is 9.93. The summed E-state index contributed by atoms with van der Waals surface area (Å²) < 4.78 is 0. The number of para-hydroxylation sites is 1. The first-order valence-corrected chi connectivity index (χ1v) is 12.7. The van der Waals surface area contributed by atoms with Gasteiger partial charge in [-0.3, -0.25) is 14.5 Å². The quantitative estimate of drug-likeness (QED) is 0.410. The van der Waals surface area contributed by atoms with E-state index >= 15 is 0 Å². The van der Waals surface area contributed by atoms with Crippen molar-refractivity contribution in [2.45, 2.75) is 11.3 Å². The summed E-state index contributed by atoms with van der Waals surface area (Å²) in [5, 5.41) is 3.61. The number of amides is 2. The van der Waals surface area contributed by atoms with Gasteiger partial charge in [-0.2, -0.15) is 0 Å². The van der Waals surface area contributed by atoms with E-state index in [1.54, 1.807) is 17.0 Å². The van der Waals surface area contributed by atoms with Gasteiger partial charge in [0.1, 0.15) is 6.54 Å². The van der Waals surface area contributed by atoms with Gasteiger partial charge in [-0.1, -0.05) is 78.0 Å². The second-order valence-electron chi connectivity index (χ2n) is 8.41. The van der Waals surface area contributed by atoms with Gasteiger partial charge in [0.25, 0.3) is 5.91 Å². The van der Waals surface area contributed by atoms with Gasteiger partial charge >= 0.3 is 0 Å². The lowest BCUT2D eigenvalue weighted by Gasteiger charge is -2.30. The Labute approximate surface area is 215 Å². The number of likely N-dealkylation sites (N-methyl/N-ethyl adjacent to an activating group) is 1. The van der Waals surface area contributed by atoms with Crippen LogP contribution in [0.4, 0.5) is 5.69 Å². The highest BCUT2D eigenvalue weighted by Gasteiger charge is 2.30. The monoisotopic (exact) mass is 505 g/mol. The van der Waals surface area contributed by atoms with Crippen molar-refractivity contribution in [1.82, 2.24) is 10.2 Å². The smallest absolute Gasteiger partial charge is 0.265 e. The zero-order valence-electron chi connectivity index (χ0n) is 19.6. The predicted molar refractivity (Wildman–Crippen MR) is 145 cm³/mol. The number of hydrogen-bond acceptors (Lipinski definition) is 4. The first kappa shape index (κ1) is 25.0. The van der Waals surface area contributed by atoms with Crippen molar-refractivity contribution in [2.75, 3.05) is 38.1 Å². The van der Waals surface area contributed by atoms with Crippen molar-refractivity contribution >= 4 is 46.9 Å². The summed E-state index contributed by atoms with van der Waals surface area (Å²) in [5.74, 6) is -0.360. The highest BCUT2D eigenvalue weighted by molar-refractivity contribution is 8.04. The van der Waals surface area contributed by atoms with E-state index in [1.165, 1.54) is 17.3 Å². The van der Waals surface area contributed by atoms with Crippen molar-refractivity contribution in [3.8, 4) is 0 Å². The summed E-state index contributed by atoms with van der Waals surface area (Å²) in [4.78, 5) is 31.3. The Hall–Kier alpha value is -3.06. The summed E-state index contributed by atoms with van der Waals surface area (Å²) in [5.41, 5.74) is 2.93. The molecule has 7 heteroatoms. The first-order valence-electron chi connectivity index (χ1n) is 11.5. The van der Waals surface area contributed by atoms with Crippen LogP contribution in [0.2, 0.25) is 5.02 Å². The fourth-order valence-corrected chi connectivity index (χ4v) is 4.98. The average molecular weight is 506 g/mol. The average Bonchev–Trinajstić information content (AvgIpc) is 2.87. The Morgan fingerprint density at radius 2 is 1.71 bits per heavy atom. The van der Waals surface area contributed by atoms with Crippen LogP contribution < -0.4 is 10.2 Å². The summed E-state index contributed by atoms with van der Waals surface area (Å²) in [6.45, 7) is 2.15. The van der Waals surface area contributed by atoms with Crippen molar-refractivity contribution in [1.29, 1.82) is 0 Å². The third-order valence-electron chi connectivity index (χ3n) is 5.74. The molecule has 5 nitrogen and oxygen atoms in total. The van der Waals surface area contributed by atoms with E-state index in [0.717, 1.165) is 35.7 Å². The summed E-state index contributed by atoms with van der Waals surface area (Å²) in [7, 11) is 2.05. The normalized spacial score (nSPS) is 14.3. The predicted octanol–water partition coefficient (Wildman–Crippen LogP) is 5.11. The molecule has 0 spiro atoms. The molecule has 0 aliphatic carbocycles. The van der Waals surface area contributed by atoms with Crippen molar-refractivity contribution in [3.63, 3.8) is 0 Å². The molecule has 3 aromatic carbocycles. The molecule has 1 aliphatic heterocycles. The molecule has 180 valence electrons. The Balaban J connectivity index is 1.35. The molecule has 0 fully saturated rings. The third kappa shape index (κ3) is 6.98. The van der Waals surface area contributed by atoms with Gasteiger partial charge in [0.2, 0.25) is 5.91 Å². The van der Waals surface area contributed by atoms with E-state index < -0.39 is 0 Å². The summed E-state index contributed by atoms with van der Waals surface area (Å²) in [6, 6.07) is 25.3. The van der Waals surface area contributed by atoms with Crippen LogP contribution in [0.5, 0.6) is 0 Å². The summed E-state index contributed by atoms with van der Waals surface area (Å²) >= 11 is 7.41. The SMILES string of the molecule is CN(CCNC(=O)CN1C(=O)/C(=C/c2ccc(Cl)cc2)Sc2ccccc21)CCc1ccccc1. The maximum atomic E-state index is 13.3. The van der Waals surface area contributed by atoms with Gasteiger partial charge < -0.3 is 10.2 Å². The maximum absolute atomic E-state index is 13.3. The molecule has 2 amide bonds. The Morgan fingerprint density at radius 3 is 2.49 bits per heavy atom. The lowest BCUT2D eigenvalue weighted by atomic mass is 10.1. The van der Waals surface area contributed by atoms with E-state index in [0.29, 0.717) is 16.5 Å². The fourth-order valence-electron chi connectivity index (χ4n) is 3.79. The van der Waals surface area contributed by atoms with Crippen LogP contribution in [-0.2, 0) is 16.0 Å². The van der Waals surface area contributed by atoms with E-state index in [9.17, 15) is 9.59 Å². The largest absolute Gasteiger partial charge is 0.353 e. The molecule has 3 aromatic rings. The van der Waals surface area contributed by atoms with Gasteiger partial charge in [-0.15, -0.1) is 0 Å². The molecule has 0 bridgehead atoms. The standard InChI is InChI=1S/C28H28ClN3O2S/c1-31(17-15-21-7-3-2-4-8-21)18-16-30-27(33)20-32-24-9-5-6-10-25(24)35-26(28(32)34)19-22-11-13-23(29)14-12-22/h2-14,19H,15-18,20H2,1H3,(H,30,33)/b26-19-. The molecule has 0 aromatic heterocycles. The highest BCUT2D eigenvalue weighted by Crippen LogP contribution is 2.41. The van der Waals surface area contributed by atoms with Crippen LogP contribution in [0, 0.1) is 0 Å². The number of nitrogens with zero attached hydrogens (tertiary/aromatic N) is 2. The fraction of sp³-hybridized carbons (Fsp3) is 0.214. The van der Waals surface area contributed by atoms with Crippen LogP contribution in [0.25, 0.3) is 6.08 Å². The van der Waals surface area contributed by atoms with E-state index in [2.05, 4.69) is 22.3 Å². The van der Waals surface area contributed by atoms with Crippen LogP contribution in [0.1, 0.15) is 11.1 Å². The minimum Gasteiger partial charge on any atom is -0.353 e. The van der Waals surface area contributed by atoms with E-state index in [4.69, 9.17) is 11.6 Å². The molecule has 35 heavy (non-hydrogen) atoms. The van der Waals surface area contributed by atoms with Crippen molar-refractivity contribution in [2.24, 2.45) is 0 Å². The van der Waals surface area contributed by atoms with Crippen molar-refractivity contribution in [3.05, 3.63) is 99.9 Å². The highest BCUT2D eigenvalue weighted by atomic mass is 35.5. The van der Waals surface area contributed by atoms with Gasteiger partial charge in [-0.05, 0) is 54.9 Å². The molecule has 0 saturated carbocycles. The van der Waals surface area contributed by atoms with Crippen LogP contribution in [0.15, 0.2) is 88.7 Å².